The second-order valence-corrected chi connectivity index (χ2v) is 6.58. The fourth-order valence-electron chi connectivity index (χ4n) is 1.87. The van der Waals surface area contributed by atoms with Gasteiger partial charge in [0.15, 0.2) is 0 Å². The summed E-state index contributed by atoms with van der Waals surface area (Å²) in [6.45, 7) is 2.27. The predicted octanol–water partition coefficient (Wildman–Crippen LogP) is 4.26. The molecule has 0 aliphatic heterocycles. The Morgan fingerprint density at radius 1 is 1.47 bits per heavy atom. The van der Waals surface area contributed by atoms with Gasteiger partial charge in [-0.3, -0.25) is 4.90 Å². The van der Waals surface area contributed by atoms with Gasteiger partial charge in [0.05, 0.1) is 0 Å². The average molecular weight is 353 g/mol. The van der Waals surface area contributed by atoms with E-state index in [-0.39, 0.29) is 0 Å². The van der Waals surface area contributed by atoms with Gasteiger partial charge in [0.1, 0.15) is 0 Å². The largest absolute Gasteiger partial charge is 0.294 e. The molecule has 1 heterocycles. The third-order valence-electron chi connectivity index (χ3n) is 3.00. The van der Waals surface area contributed by atoms with Gasteiger partial charge in [0.2, 0.25) is 0 Å². The molecule has 4 heteroatoms. The molecule has 1 aliphatic rings. The van der Waals surface area contributed by atoms with Crippen molar-refractivity contribution in [1.29, 1.82) is 0 Å². The molecule has 1 aliphatic carbocycles. The number of hydrogen-bond donors (Lipinski definition) is 0. The highest BCUT2D eigenvalue weighted by Gasteiger charge is 2.24. The predicted molar refractivity (Wildman–Crippen MR) is 73.9 cm³/mol. The van der Waals surface area contributed by atoms with Gasteiger partial charge in [0.25, 0.3) is 0 Å². The van der Waals surface area contributed by atoms with Gasteiger partial charge < -0.3 is 0 Å². The van der Waals surface area contributed by atoms with E-state index in [2.05, 4.69) is 48.2 Å². The Bertz CT molecular complexity index is 309. The van der Waals surface area contributed by atoms with Crippen molar-refractivity contribution < 1.29 is 0 Å². The van der Waals surface area contributed by atoms with Crippen LogP contribution in [0.25, 0.3) is 0 Å². The molecule has 84 valence electrons. The first-order valence-electron chi connectivity index (χ1n) is 5.33. The highest BCUT2D eigenvalue weighted by Crippen LogP contribution is 2.30. The smallest absolute Gasteiger partial charge is 0.0342 e. The quantitative estimate of drug-likeness (QED) is 0.715. The van der Waals surface area contributed by atoms with Crippen LogP contribution in [0, 0.1) is 0 Å². The molecule has 1 aromatic heterocycles. The van der Waals surface area contributed by atoms with Crippen LogP contribution in [0.4, 0.5) is 0 Å². The first-order chi connectivity index (χ1) is 7.31. The van der Waals surface area contributed by atoms with Gasteiger partial charge in [-0.15, -0.1) is 11.3 Å². The molecule has 0 radical (unpaired) electrons. The normalized spacial score (nSPS) is 17.0. The lowest BCUT2D eigenvalue weighted by atomic mass is 9.91. The van der Waals surface area contributed by atoms with Crippen LogP contribution in [0.1, 0.15) is 24.1 Å². The highest BCUT2D eigenvalue weighted by atomic mass is 79.9. The Labute approximate surface area is 112 Å². The van der Waals surface area contributed by atoms with Crippen LogP contribution in [0.3, 0.4) is 0 Å². The second kappa shape index (κ2) is 5.80. The van der Waals surface area contributed by atoms with Crippen molar-refractivity contribution in [3.63, 3.8) is 0 Å². The number of hydrogen-bond acceptors (Lipinski definition) is 2. The lowest BCUT2D eigenvalue weighted by molar-refractivity contribution is 0.129. The van der Waals surface area contributed by atoms with Crippen LogP contribution in [-0.2, 0) is 6.54 Å². The molecule has 2 rings (SSSR count). The zero-order valence-corrected chi connectivity index (χ0v) is 12.6. The average Bonchev–Trinajstić information content (AvgIpc) is 2.49. The topological polar surface area (TPSA) is 3.24 Å². The molecule has 0 unspecified atom stereocenters. The molecule has 0 saturated heterocycles. The van der Waals surface area contributed by atoms with Crippen molar-refractivity contribution in [3.8, 4) is 0 Å². The molecular formula is C11H15Br2NS. The van der Waals surface area contributed by atoms with E-state index in [0.717, 1.165) is 24.5 Å². The molecule has 0 aromatic carbocycles. The van der Waals surface area contributed by atoms with E-state index >= 15 is 0 Å². The van der Waals surface area contributed by atoms with Crippen molar-refractivity contribution in [2.24, 2.45) is 0 Å². The summed E-state index contributed by atoms with van der Waals surface area (Å²) >= 11 is 9.00. The van der Waals surface area contributed by atoms with Gasteiger partial charge in [-0.05, 0) is 40.2 Å². The molecular weight excluding hydrogens is 338 g/mol. The minimum atomic E-state index is 0.830. The van der Waals surface area contributed by atoms with E-state index in [0.29, 0.717) is 0 Å². The van der Waals surface area contributed by atoms with E-state index in [4.69, 9.17) is 0 Å². The van der Waals surface area contributed by atoms with E-state index in [9.17, 15) is 0 Å². The van der Waals surface area contributed by atoms with Crippen LogP contribution in [0.15, 0.2) is 15.9 Å². The van der Waals surface area contributed by atoms with Crippen molar-refractivity contribution in [2.75, 3.05) is 11.9 Å². The molecule has 0 N–H and O–H groups in total. The number of halogens is 2. The van der Waals surface area contributed by atoms with Crippen LogP contribution in [-0.4, -0.2) is 22.8 Å². The van der Waals surface area contributed by atoms with Gasteiger partial charge in [-0.1, -0.05) is 22.4 Å². The van der Waals surface area contributed by atoms with Gasteiger partial charge in [-0.25, -0.2) is 0 Å². The lowest BCUT2D eigenvalue weighted by Gasteiger charge is -2.37. The van der Waals surface area contributed by atoms with E-state index < -0.39 is 0 Å². The molecule has 15 heavy (non-hydrogen) atoms. The molecule has 1 saturated carbocycles. The Hall–Kier alpha value is 0.620. The van der Waals surface area contributed by atoms with Crippen molar-refractivity contribution in [2.45, 2.75) is 31.8 Å². The monoisotopic (exact) mass is 351 g/mol. The Morgan fingerprint density at radius 3 is 2.73 bits per heavy atom. The van der Waals surface area contributed by atoms with E-state index in [1.807, 2.05) is 11.3 Å². The maximum atomic E-state index is 3.61. The third-order valence-corrected chi connectivity index (χ3v) is 5.27. The first-order valence-corrected chi connectivity index (χ1v) is 8.12. The number of thiophene rings is 1. The van der Waals surface area contributed by atoms with E-state index in [1.165, 1.54) is 28.6 Å². The summed E-state index contributed by atoms with van der Waals surface area (Å²) in [4.78, 5) is 4.07. The SMILES string of the molecule is BrCCN(Cc1sccc1Br)C1CCC1. The molecule has 1 aromatic rings. The highest BCUT2D eigenvalue weighted by molar-refractivity contribution is 9.10. The van der Waals surface area contributed by atoms with Gasteiger partial charge >= 0.3 is 0 Å². The summed E-state index contributed by atoms with van der Waals surface area (Å²) in [5.41, 5.74) is 0. The molecule has 0 spiro atoms. The van der Waals surface area contributed by atoms with Crippen LogP contribution in [0.2, 0.25) is 0 Å². The Kier molecular flexibility index (Phi) is 4.68. The zero-order valence-electron chi connectivity index (χ0n) is 8.59. The fourth-order valence-corrected chi connectivity index (χ4v) is 3.83. The van der Waals surface area contributed by atoms with Crippen LogP contribution < -0.4 is 0 Å². The summed E-state index contributed by atoms with van der Waals surface area (Å²) < 4.78 is 1.27. The van der Waals surface area contributed by atoms with Crippen molar-refractivity contribution >= 4 is 43.2 Å². The summed E-state index contributed by atoms with van der Waals surface area (Å²) in [6.07, 6.45) is 4.18. The fraction of sp³-hybridized carbons (Fsp3) is 0.636. The zero-order chi connectivity index (χ0) is 10.7. The minimum absolute atomic E-state index is 0.830. The molecule has 0 bridgehead atoms. The Balaban J connectivity index is 1.96. The third kappa shape index (κ3) is 3.05. The summed E-state index contributed by atoms with van der Waals surface area (Å²) in [5, 5.41) is 3.24. The van der Waals surface area contributed by atoms with Crippen molar-refractivity contribution in [1.82, 2.24) is 4.90 Å². The summed E-state index contributed by atoms with van der Waals surface area (Å²) in [5.74, 6) is 0. The molecule has 1 nitrogen and oxygen atoms in total. The summed E-state index contributed by atoms with van der Waals surface area (Å²) in [7, 11) is 0. The van der Waals surface area contributed by atoms with Crippen LogP contribution in [0.5, 0.6) is 0 Å². The second-order valence-electron chi connectivity index (χ2n) is 3.94. The Morgan fingerprint density at radius 2 is 2.27 bits per heavy atom. The molecule has 1 fully saturated rings. The van der Waals surface area contributed by atoms with Gasteiger partial charge in [-0.2, -0.15) is 0 Å². The van der Waals surface area contributed by atoms with Crippen LogP contribution >= 0.6 is 43.2 Å². The summed E-state index contributed by atoms with van der Waals surface area (Å²) in [6, 6.07) is 2.98. The minimum Gasteiger partial charge on any atom is -0.294 e. The lowest BCUT2D eigenvalue weighted by Crippen LogP contribution is -2.40. The number of alkyl halides is 1. The first kappa shape index (κ1) is 12.1. The maximum absolute atomic E-state index is 3.61. The van der Waals surface area contributed by atoms with Gasteiger partial charge in [0, 0.05) is 33.8 Å². The standard InChI is InChI=1S/C11H15Br2NS/c12-5-6-14(9-2-1-3-9)8-11-10(13)4-7-15-11/h4,7,9H,1-3,5-6,8H2. The number of rotatable bonds is 5. The molecule has 0 atom stereocenters. The van der Waals surface area contributed by atoms with E-state index in [1.54, 1.807) is 0 Å². The number of nitrogens with zero attached hydrogens (tertiary/aromatic N) is 1. The van der Waals surface area contributed by atoms with Crippen molar-refractivity contribution in [3.05, 3.63) is 20.8 Å². The maximum Gasteiger partial charge on any atom is 0.0342 e. The molecule has 0 amide bonds.